The Labute approximate surface area is 70.0 Å². The van der Waals surface area contributed by atoms with Crippen molar-refractivity contribution in [3.63, 3.8) is 0 Å². The fraction of sp³-hybridized carbons (Fsp3) is 0.429. The molecule has 0 saturated heterocycles. The molecule has 0 aromatic heterocycles. The van der Waals surface area contributed by atoms with E-state index < -0.39 is 11.9 Å². The summed E-state index contributed by atoms with van der Waals surface area (Å²) >= 11 is 0. The molecule has 0 fully saturated rings. The topological polar surface area (TPSA) is 75.6 Å². The molecule has 0 rings (SSSR count). The van der Waals surface area contributed by atoms with E-state index in [0.29, 0.717) is 6.54 Å². The van der Waals surface area contributed by atoms with E-state index in [1.54, 1.807) is 7.05 Å². The van der Waals surface area contributed by atoms with Crippen LogP contribution in [0.15, 0.2) is 12.2 Å². The smallest absolute Gasteiger partial charge is 0.331 e. The molecule has 5 nitrogen and oxygen atoms in total. The molecule has 0 radical (unpaired) electrons. The maximum Gasteiger partial charge on any atom is 0.331 e. The van der Waals surface area contributed by atoms with E-state index in [-0.39, 0.29) is 6.61 Å². The van der Waals surface area contributed by atoms with Gasteiger partial charge in [-0.3, -0.25) is 0 Å². The van der Waals surface area contributed by atoms with Crippen LogP contribution in [0.25, 0.3) is 0 Å². The summed E-state index contributed by atoms with van der Waals surface area (Å²) < 4.78 is 4.58. The van der Waals surface area contributed by atoms with Crippen LogP contribution in [0.5, 0.6) is 0 Å². The van der Waals surface area contributed by atoms with Crippen LogP contribution in [0.3, 0.4) is 0 Å². The van der Waals surface area contributed by atoms with Gasteiger partial charge in [-0.2, -0.15) is 0 Å². The van der Waals surface area contributed by atoms with Gasteiger partial charge in [-0.05, 0) is 7.05 Å². The van der Waals surface area contributed by atoms with Gasteiger partial charge in [0.25, 0.3) is 0 Å². The first kappa shape index (κ1) is 10.6. The molecule has 12 heavy (non-hydrogen) atoms. The molecule has 68 valence electrons. The van der Waals surface area contributed by atoms with Gasteiger partial charge in [0.15, 0.2) is 0 Å². The molecule has 0 amide bonds. The van der Waals surface area contributed by atoms with Crippen molar-refractivity contribution in [2.45, 2.75) is 0 Å². The lowest BCUT2D eigenvalue weighted by Crippen LogP contribution is -2.16. The summed E-state index contributed by atoms with van der Waals surface area (Å²) in [4.78, 5) is 20.5. The fourth-order valence-electron chi connectivity index (χ4n) is 0.441. The molecule has 0 unspecified atom stereocenters. The van der Waals surface area contributed by atoms with Crippen molar-refractivity contribution < 1.29 is 19.4 Å². The highest BCUT2D eigenvalue weighted by atomic mass is 16.5. The van der Waals surface area contributed by atoms with Crippen LogP contribution in [0.1, 0.15) is 0 Å². The van der Waals surface area contributed by atoms with Crippen molar-refractivity contribution in [2.75, 3.05) is 20.2 Å². The first-order valence-electron chi connectivity index (χ1n) is 3.39. The molecule has 0 saturated carbocycles. The quantitative estimate of drug-likeness (QED) is 0.329. The van der Waals surface area contributed by atoms with E-state index in [1.807, 2.05) is 0 Å². The summed E-state index contributed by atoms with van der Waals surface area (Å²) in [7, 11) is 1.72. The number of carbonyl (C=O) groups is 2. The molecule has 0 aliphatic heterocycles. The zero-order valence-electron chi connectivity index (χ0n) is 6.74. The molecule has 0 heterocycles. The SMILES string of the molecule is CNCCOC(=O)/C=C/C(=O)O. The van der Waals surface area contributed by atoms with Crippen molar-refractivity contribution in [3.8, 4) is 0 Å². The molecule has 0 aliphatic rings. The summed E-state index contributed by atoms with van der Waals surface area (Å²) in [6.07, 6.45) is 1.61. The highest BCUT2D eigenvalue weighted by molar-refractivity contribution is 5.90. The van der Waals surface area contributed by atoms with Crippen LogP contribution >= 0.6 is 0 Å². The Morgan fingerprint density at radius 2 is 2.17 bits per heavy atom. The number of ether oxygens (including phenoxy) is 1. The zero-order valence-corrected chi connectivity index (χ0v) is 6.74. The average Bonchev–Trinajstić information content (AvgIpc) is 2.01. The average molecular weight is 173 g/mol. The third-order valence-corrected chi connectivity index (χ3v) is 0.958. The summed E-state index contributed by atoms with van der Waals surface area (Å²) in [6, 6.07) is 0. The molecule has 0 aromatic rings. The van der Waals surface area contributed by atoms with Crippen LogP contribution in [0.2, 0.25) is 0 Å². The Bertz CT molecular complexity index is 188. The minimum atomic E-state index is -1.17. The predicted molar refractivity (Wildman–Crippen MR) is 41.7 cm³/mol. The van der Waals surface area contributed by atoms with Crippen molar-refractivity contribution in [3.05, 3.63) is 12.2 Å². The Hall–Kier alpha value is -1.36. The lowest BCUT2D eigenvalue weighted by molar-refractivity contribution is -0.138. The highest BCUT2D eigenvalue weighted by Gasteiger charge is 1.96. The maximum absolute atomic E-state index is 10.6. The number of esters is 1. The van der Waals surface area contributed by atoms with Crippen LogP contribution in [0.4, 0.5) is 0 Å². The molecule has 0 aromatic carbocycles. The van der Waals surface area contributed by atoms with Gasteiger partial charge >= 0.3 is 11.9 Å². The van der Waals surface area contributed by atoms with Crippen LogP contribution in [-0.4, -0.2) is 37.2 Å². The van der Waals surface area contributed by atoms with Gasteiger partial charge < -0.3 is 15.2 Å². The Balaban J connectivity index is 3.53. The lowest BCUT2D eigenvalue weighted by Gasteiger charge is -1.98. The molecule has 0 atom stereocenters. The molecule has 5 heteroatoms. The van der Waals surface area contributed by atoms with Gasteiger partial charge in [0.2, 0.25) is 0 Å². The molecule has 0 bridgehead atoms. The van der Waals surface area contributed by atoms with Gasteiger partial charge in [-0.25, -0.2) is 9.59 Å². The number of carbonyl (C=O) groups excluding carboxylic acids is 1. The third-order valence-electron chi connectivity index (χ3n) is 0.958. The zero-order chi connectivity index (χ0) is 9.40. The first-order chi connectivity index (χ1) is 5.66. The van der Waals surface area contributed by atoms with Crippen molar-refractivity contribution >= 4 is 11.9 Å². The largest absolute Gasteiger partial charge is 0.478 e. The van der Waals surface area contributed by atoms with Gasteiger partial charge in [0.05, 0.1) is 0 Å². The van der Waals surface area contributed by atoms with Gasteiger partial charge in [-0.1, -0.05) is 0 Å². The van der Waals surface area contributed by atoms with E-state index in [9.17, 15) is 9.59 Å². The Morgan fingerprint density at radius 1 is 1.50 bits per heavy atom. The minimum Gasteiger partial charge on any atom is -0.478 e. The molecular formula is C7H11NO4. The number of carboxylic acids is 1. The van der Waals surface area contributed by atoms with Crippen LogP contribution in [-0.2, 0) is 14.3 Å². The third kappa shape index (κ3) is 6.76. The number of carboxylic acid groups (broad SMARTS) is 1. The molecule has 0 spiro atoms. The Morgan fingerprint density at radius 3 is 2.67 bits per heavy atom. The number of nitrogens with one attached hydrogen (secondary N) is 1. The number of hydrogen-bond donors (Lipinski definition) is 2. The second kappa shape index (κ2) is 6.36. The lowest BCUT2D eigenvalue weighted by atomic mass is 10.5. The van der Waals surface area contributed by atoms with Crippen molar-refractivity contribution in [1.82, 2.24) is 5.32 Å². The normalized spacial score (nSPS) is 10.1. The van der Waals surface area contributed by atoms with Crippen molar-refractivity contribution in [2.24, 2.45) is 0 Å². The Kier molecular flexibility index (Phi) is 5.64. The summed E-state index contributed by atoms with van der Waals surface area (Å²) in [5.74, 6) is -1.81. The number of rotatable bonds is 5. The van der Waals surface area contributed by atoms with Gasteiger partial charge in [0, 0.05) is 18.7 Å². The van der Waals surface area contributed by atoms with E-state index in [0.717, 1.165) is 12.2 Å². The molecular weight excluding hydrogens is 162 g/mol. The summed E-state index contributed by atoms with van der Waals surface area (Å²) in [6.45, 7) is 0.784. The highest BCUT2D eigenvalue weighted by Crippen LogP contribution is 1.80. The van der Waals surface area contributed by atoms with Crippen LogP contribution in [0, 0.1) is 0 Å². The number of likely N-dealkylation sites (N-methyl/N-ethyl adjacent to an activating group) is 1. The van der Waals surface area contributed by atoms with E-state index in [4.69, 9.17) is 5.11 Å². The monoisotopic (exact) mass is 173 g/mol. The summed E-state index contributed by atoms with van der Waals surface area (Å²) in [5.41, 5.74) is 0. The van der Waals surface area contributed by atoms with Crippen LogP contribution < -0.4 is 5.32 Å². The van der Waals surface area contributed by atoms with E-state index in [1.165, 1.54) is 0 Å². The minimum absolute atomic E-state index is 0.235. The van der Waals surface area contributed by atoms with Gasteiger partial charge in [0.1, 0.15) is 6.61 Å². The first-order valence-corrected chi connectivity index (χ1v) is 3.39. The maximum atomic E-state index is 10.6. The molecule has 0 aliphatic carbocycles. The fourth-order valence-corrected chi connectivity index (χ4v) is 0.441. The second-order valence-corrected chi connectivity index (χ2v) is 1.94. The van der Waals surface area contributed by atoms with Gasteiger partial charge in [-0.15, -0.1) is 0 Å². The number of hydrogen-bond acceptors (Lipinski definition) is 4. The summed E-state index contributed by atoms with van der Waals surface area (Å²) in [5, 5.41) is 10.9. The second-order valence-electron chi connectivity index (χ2n) is 1.94. The predicted octanol–water partition coefficient (Wildman–Crippen LogP) is -0.610. The van der Waals surface area contributed by atoms with Crippen molar-refractivity contribution in [1.29, 1.82) is 0 Å². The number of aliphatic carboxylic acids is 1. The molecule has 2 N–H and O–H groups in total. The standard InChI is InChI=1S/C7H11NO4/c1-8-4-5-12-7(11)3-2-6(9)10/h2-3,8H,4-5H2,1H3,(H,9,10)/b3-2+. The van der Waals surface area contributed by atoms with E-state index >= 15 is 0 Å². The van der Waals surface area contributed by atoms with E-state index in [2.05, 4.69) is 10.1 Å².